The quantitative estimate of drug-likeness (QED) is 0.348. The molecule has 0 unspecified atom stereocenters. The molecule has 40 heavy (non-hydrogen) atoms. The number of carboxylic acids is 1. The van der Waals surface area contributed by atoms with Gasteiger partial charge in [-0.15, -0.1) is 0 Å². The van der Waals surface area contributed by atoms with Crippen molar-refractivity contribution in [3.05, 3.63) is 89.3 Å². The highest BCUT2D eigenvalue weighted by molar-refractivity contribution is 5.74. The highest BCUT2D eigenvalue weighted by Gasteiger charge is 2.43. The average molecular weight is 542 g/mol. The van der Waals surface area contributed by atoms with Crippen molar-refractivity contribution < 1.29 is 14.4 Å². The summed E-state index contributed by atoms with van der Waals surface area (Å²) < 4.78 is 5.71. The zero-order valence-electron chi connectivity index (χ0n) is 23.5. The molecule has 3 fully saturated rings. The fourth-order valence-electron chi connectivity index (χ4n) is 7.65. The van der Waals surface area contributed by atoms with Crippen molar-refractivity contribution in [1.82, 2.24) is 15.0 Å². The van der Waals surface area contributed by atoms with E-state index in [1.54, 1.807) is 0 Å². The second kappa shape index (κ2) is 12.7. The fraction of sp³-hybridized carbons (Fsp3) is 0.529. The van der Waals surface area contributed by atoms with E-state index in [4.69, 9.17) is 4.52 Å². The molecule has 3 aromatic rings. The van der Waals surface area contributed by atoms with Gasteiger partial charge in [0.05, 0.1) is 5.69 Å². The molecule has 0 spiro atoms. The Bertz CT molecular complexity index is 1220. The Balaban J connectivity index is 1.09. The van der Waals surface area contributed by atoms with E-state index in [-0.39, 0.29) is 12.0 Å². The molecule has 212 valence electrons. The van der Waals surface area contributed by atoms with Crippen molar-refractivity contribution in [1.29, 1.82) is 0 Å². The van der Waals surface area contributed by atoms with Crippen LogP contribution in [0.5, 0.6) is 0 Å². The zero-order chi connectivity index (χ0) is 27.3. The summed E-state index contributed by atoms with van der Waals surface area (Å²) in [6.45, 7) is 4.85. The third kappa shape index (κ3) is 6.34. The summed E-state index contributed by atoms with van der Waals surface area (Å²) in [5.74, 6) is 1.85. The van der Waals surface area contributed by atoms with E-state index < -0.39 is 5.97 Å². The standard InChI is InChI=1S/C34H43N3O3/c38-34(39)33(28-14-8-3-9-15-28)37-23-29(31(24-37)26-12-6-2-7-13-26)22-36-18-16-27(17-19-36)32-21-30(40-35-32)20-25-10-4-1-5-11-25/h1-2,4-7,10-13,21,27-29,31,33H,3,8-9,14-20,22-24H2,(H,38,39)/t29-,31+,33+/m0/s1. The first-order valence-electron chi connectivity index (χ1n) is 15.4. The summed E-state index contributed by atoms with van der Waals surface area (Å²) in [5, 5.41) is 14.8. The molecule has 3 aliphatic rings. The maximum absolute atomic E-state index is 12.5. The van der Waals surface area contributed by atoms with Gasteiger partial charge >= 0.3 is 5.97 Å². The van der Waals surface area contributed by atoms with Gasteiger partial charge in [-0.2, -0.15) is 0 Å². The first kappa shape index (κ1) is 27.2. The first-order valence-corrected chi connectivity index (χ1v) is 15.4. The Kier molecular flexibility index (Phi) is 8.64. The van der Waals surface area contributed by atoms with Gasteiger partial charge in [-0.25, -0.2) is 0 Å². The molecule has 1 aliphatic carbocycles. The number of hydrogen-bond donors (Lipinski definition) is 1. The van der Waals surface area contributed by atoms with Crippen molar-refractivity contribution >= 4 is 5.97 Å². The molecule has 1 saturated carbocycles. The van der Waals surface area contributed by atoms with Crippen molar-refractivity contribution in [2.45, 2.75) is 69.2 Å². The summed E-state index contributed by atoms with van der Waals surface area (Å²) in [6, 6.07) is 23.0. The molecule has 1 aromatic heterocycles. The molecular formula is C34H43N3O3. The van der Waals surface area contributed by atoms with Crippen LogP contribution in [0.25, 0.3) is 0 Å². The van der Waals surface area contributed by atoms with Crippen LogP contribution in [0.15, 0.2) is 71.3 Å². The molecule has 3 atom stereocenters. The number of benzene rings is 2. The molecule has 0 bridgehead atoms. The van der Waals surface area contributed by atoms with Crippen LogP contribution >= 0.6 is 0 Å². The van der Waals surface area contributed by atoms with Crippen LogP contribution in [-0.4, -0.2) is 64.8 Å². The summed E-state index contributed by atoms with van der Waals surface area (Å²) in [4.78, 5) is 17.5. The first-order chi connectivity index (χ1) is 19.6. The summed E-state index contributed by atoms with van der Waals surface area (Å²) in [7, 11) is 0. The minimum atomic E-state index is -0.626. The molecule has 2 saturated heterocycles. The number of carboxylic acid groups (broad SMARTS) is 1. The SMILES string of the molecule is O=C(O)[C@@H](C1CCCCC1)N1C[C@H](CN2CCC(c3cc(Cc4ccccc4)on3)CC2)[C@@H](c2ccccc2)C1. The Morgan fingerprint density at radius 1 is 0.925 bits per heavy atom. The number of nitrogens with zero attached hydrogens (tertiary/aromatic N) is 3. The van der Waals surface area contributed by atoms with Crippen LogP contribution < -0.4 is 0 Å². The van der Waals surface area contributed by atoms with Crippen LogP contribution in [0.1, 0.15) is 79.4 Å². The minimum Gasteiger partial charge on any atom is -0.480 e. The highest BCUT2D eigenvalue weighted by atomic mass is 16.5. The van der Waals surface area contributed by atoms with Gasteiger partial charge in [0.15, 0.2) is 0 Å². The predicted molar refractivity (Wildman–Crippen MR) is 156 cm³/mol. The van der Waals surface area contributed by atoms with E-state index in [2.05, 4.69) is 75.6 Å². The predicted octanol–water partition coefficient (Wildman–Crippen LogP) is 6.19. The van der Waals surface area contributed by atoms with Crippen LogP contribution in [0.3, 0.4) is 0 Å². The number of carbonyl (C=O) groups is 1. The van der Waals surface area contributed by atoms with E-state index in [9.17, 15) is 9.90 Å². The van der Waals surface area contributed by atoms with Crippen LogP contribution in [0.4, 0.5) is 0 Å². The van der Waals surface area contributed by atoms with Crippen molar-refractivity contribution in [2.75, 3.05) is 32.7 Å². The van der Waals surface area contributed by atoms with E-state index in [0.29, 0.717) is 17.8 Å². The van der Waals surface area contributed by atoms with Gasteiger partial charge in [-0.3, -0.25) is 9.69 Å². The van der Waals surface area contributed by atoms with Crippen molar-refractivity contribution in [3.63, 3.8) is 0 Å². The van der Waals surface area contributed by atoms with E-state index in [1.165, 1.54) is 30.4 Å². The molecular weight excluding hydrogens is 498 g/mol. The van der Waals surface area contributed by atoms with Gasteiger partial charge in [-0.1, -0.05) is 85.1 Å². The summed E-state index contributed by atoms with van der Waals surface area (Å²) in [6.07, 6.45) is 8.64. The largest absolute Gasteiger partial charge is 0.480 e. The number of piperidine rings is 1. The lowest BCUT2D eigenvalue weighted by Crippen LogP contribution is -2.46. The maximum Gasteiger partial charge on any atom is 0.321 e. The maximum atomic E-state index is 12.5. The Labute approximate surface area is 238 Å². The Hall–Kier alpha value is -2.96. The van der Waals surface area contributed by atoms with Crippen molar-refractivity contribution in [2.24, 2.45) is 11.8 Å². The summed E-state index contributed by atoms with van der Waals surface area (Å²) >= 11 is 0. The minimum absolute atomic E-state index is 0.284. The lowest BCUT2D eigenvalue weighted by atomic mass is 9.83. The second-order valence-electron chi connectivity index (χ2n) is 12.4. The molecule has 3 heterocycles. The Morgan fingerprint density at radius 2 is 1.62 bits per heavy atom. The van der Waals surface area contributed by atoms with Gasteiger partial charge in [-0.05, 0) is 61.7 Å². The van der Waals surface area contributed by atoms with Crippen molar-refractivity contribution in [3.8, 4) is 0 Å². The second-order valence-corrected chi connectivity index (χ2v) is 12.4. The fourth-order valence-corrected chi connectivity index (χ4v) is 7.65. The highest BCUT2D eigenvalue weighted by Crippen LogP contribution is 2.39. The molecule has 2 aliphatic heterocycles. The number of rotatable bonds is 9. The molecule has 6 rings (SSSR count). The molecule has 2 aromatic carbocycles. The van der Waals surface area contributed by atoms with Gasteiger partial charge in [0, 0.05) is 44.0 Å². The number of likely N-dealkylation sites (tertiary alicyclic amines) is 2. The smallest absolute Gasteiger partial charge is 0.321 e. The van der Waals surface area contributed by atoms with Gasteiger partial charge in [0.2, 0.25) is 0 Å². The molecule has 6 nitrogen and oxygen atoms in total. The average Bonchev–Trinajstić information content (AvgIpc) is 3.62. The van der Waals surface area contributed by atoms with Crippen LogP contribution in [0, 0.1) is 11.8 Å². The summed E-state index contributed by atoms with van der Waals surface area (Å²) in [5.41, 5.74) is 3.69. The normalized spacial score (nSPS) is 24.3. The number of aliphatic carboxylic acids is 1. The molecule has 1 N–H and O–H groups in total. The van der Waals surface area contributed by atoms with Crippen LogP contribution in [0.2, 0.25) is 0 Å². The third-order valence-corrected chi connectivity index (χ3v) is 9.74. The van der Waals surface area contributed by atoms with E-state index >= 15 is 0 Å². The third-order valence-electron chi connectivity index (χ3n) is 9.74. The van der Waals surface area contributed by atoms with Crippen LogP contribution in [-0.2, 0) is 11.2 Å². The number of hydrogen-bond acceptors (Lipinski definition) is 5. The van der Waals surface area contributed by atoms with Gasteiger partial charge in [0.1, 0.15) is 11.8 Å². The molecule has 6 heteroatoms. The molecule has 0 amide bonds. The lowest BCUT2D eigenvalue weighted by Gasteiger charge is -2.35. The van der Waals surface area contributed by atoms with Gasteiger partial charge < -0.3 is 14.5 Å². The van der Waals surface area contributed by atoms with E-state index in [1.807, 2.05) is 6.07 Å². The van der Waals surface area contributed by atoms with E-state index in [0.717, 1.165) is 76.3 Å². The Morgan fingerprint density at radius 3 is 2.33 bits per heavy atom. The number of aromatic nitrogens is 1. The molecule has 0 radical (unpaired) electrons. The topological polar surface area (TPSA) is 69.8 Å². The zero-order valence-corrected chi connectivity index (χ0v) is 23.5. The monoisotopic (exact) mass is 541 g/mol. The lowest BCUT2D eigenvalue weighted by molar-refractivity contribution is -0.145. The van der Waals surface area contributed by atoms with Gasteiger partial charge in [0.25, 0.3) is 0 Å².